The van der Waals surface area contributed by atoms with Crippen molar-refractivity contribution < 1.29 is 4.74 Å². The van der Waals surface area contributed by atoms with Gasteiger partial charge in [-0.15, -0.1) is 0 Å². The van der Waals surface area contributed by atoms with Gasteiger partial charge >= 0.3 is 0 Å². The first-order chi connectivity index (χ1) is 6.83. The molecule has 2 heteroatoms. The molecule has 2 N–H and O–H groups in total. The van der Waals surface area contributed by atoms with Gasteiger partial charge in [0, 0.05) is 23.4 Å². The molecule has 2 aliphatic carbocycles. The molecule has 0 spiro atoms. The molecule has 0 radical (unpaired) electrons. The summed E-state index contributed by atoms with van der Waals surface area (Å²) in [5.41, 5.74) is 9.03. The van der Waals surface area contributed by atoms with Gasteiger partial charge in [0.05, 0.1) is 7.11 Å². The zero-order chi connectivity index (χ0) is 9.71. The molecule has 1 aromatic carbocycles. The van der Waals surface area contributed by atoms with Gasteiger partial charge in [-0.05, 0) is 24.5 Å². The minimum Gasteiger partial charge on any atom is -0.496 e. The Morgan fingerprint density at radius 2 is 2.07 bits per heavy atom. The maximum absolute atomic E-state index is 6.20. The van der Waals surface area contributed by atoms with E-state index in [-0.39, 0.29) is 0 Å². The molecule has 1 fully saturated rings. The predicted octanol–water partition coefficient (Wildman–Crippen LogP) is 2.00. The molecule has 1 aromatic rings. The van der Waals surface area contributed by atoms with E-state index in [2.05, 4.69) is 12.1 Å². The van der Waals surface area contributed by atoms with Crippen molar-refractivity contribution in [3.05, 3.63) is 29.3 Å². The van der Waals surface area contributed by atoms with E-state index < -0.39 is 0 Å². The molecule has 2 bridgehead atoms. The molecule has 0 amide bonds. The number of hydrogen-bond acceptors (Lipinski definition) is 2. The van der Waals surface area contributed by atoms with E-state index in [1.54, 1.807) is 7.11 Å². The van der Waals surface area contributed by atoms with E-state index in [1.807, 2.05) is 6.07 Å². The highest BCUT2D eigenvalue weighted by atomic mass is 16.5. The van der Waals surface area contributed by atoms with E-state index in [1.165, 1.54) is 24.0 Å². The summed E-state index contributed by atoms with van der Waals surface area (Å²) in [5, 5.41) is 0. The number of nitrogens with two attached hydrogens (primary N) is 1. The van der Waals surface area contributed by atoms with Crippen molar-refractivity contribution in [1.82, 2.24) is 0 Å². The summed E-state index contributed by atoms with van der Waals surface area (Å²) in [7, 11) is 1.74. The molecule has 2 nitrogen and oxygen atoms in total. The Balaban J connectivity index is 2.19. The van der Waals surface area contributed by atoms with Gasteiger partial charge in [-0.1, -0.05) is 12.1 Å². The quantitative estimate of drug-likeness (QED) is 0.733. The van der Waals surface area contributed by atoms with Crippen LogP contribution in [0.2, 0.25) is 0 Å². The molecule has 0 heterocycles. The smallest absolute Gasteiger partial charge is 0.122 e. The minimum absolute atomic E-state index is 0.335. The molecule has 3 atom stereocenters. The Labute approximate surface area is 84.1 Å². The Morgan fingerprint density at radius 3 is 2.86 bits per heavy atom. The second kappa shape index (κ2) is 2.74. The third-order valence-corrected chi connectivity index (χ3v) is 3.81. The second-order valence-corrected chi connectivity index (χ2v) is 4.33. The molecule has 3 rings (SSSR count). The second-order valence-electron chi connectivity index (χ2n) is 4.33. The van der Waals surface area contributed by atoms with Crippen molar-refractivity contribution in [2.24, 2.45) is 5.73 Å². The van der Waals surface area contributed by atoms with Crippen LogP contribution >= 0.6 is 0 Å². The van der Waals surface area contributed by atoms with Crippen LogP contribution in [0.1, 0.15) is 35.8 Å². The van der Waals surface area contributed by atoms with E-state index in [0.717, 1.165) is 5.75 Å². The lowest BCUT2D eigenvalue weighted by Crippen LogP contribution is -2.22. The van der Waals surface area contributed by atoms with Crippen LogP contribution in [0.15, 0.2) is 18.2 Å². The molecule has 14 heavy (non-hydrogen) atoms. The summed E-state index contributed by atoms with van der Waals surface area (Å²) in [6.07, 6.45) is 2.49. The first-order valence-electron chi connectivity index (χ1n) is 5.25. The topological polar surface area (TPSA) is 35.2 Å². The van der Waals surface area contributed by atoms with Crippen LogP contribution in [-0.4, -0.2) is 13.2 Å². The van der Waals surface area contributed by atoms with Crippen LogP contribution in [-0.2, 0) is 0 Å². The number of fused-ring (bicyclic) bond motifs is 5. The van der Waals surface area contributed by atoms with Crippen LogP contribution in [0.3, 0.4) is 0 Å². The number of methoxy groups -OCH3 is 1. The van der Waals surface area contributed by atoms with Crippen LogP contribution in [0.5, 0.6) is 5.75 Å². The standard InChI is InChI=1S/C12H15NO/c1-14-10-4-2-3-7-8-5-6-9(11(7)10)12(8)13/h2-4,8-9,12H,5-6,13H2,1H3/t8?,9?,12-/m0/s1. The van der Waals surface area contributed by atoms with Crippen molar-refractivity contribution in [3.8, 4) is 5.75 Å². The fourth-order valence-electron chi connectivity index (χ4n) is 3.18. The summed E-state index contributed by atoms with van der Waals surface area (Å²) in [4.78, 5) is 0. The largest absolute Gasteiger partial charge is 0.496 e. The summed E-state index contributed by atoms with van der Waals surface area (Å²) in [5.74, 6) is 2.17. The van der Waals surface area contributed by atoms with Crippen molar-refractivity contribution in [2.45, 2.75) is 30.7 Å². The summed E-state index contributed by atoms with van der Waals surface area (Å²) >= 11 is 0. The van der Waals surface area contributed by atoms with Crippen LogP contribution in [0.4, 0.5) is 0 Å². The number of rotatable bonds is 1. The molecular weight excluding hydrogens is 174 g/mol. The highest BCUT2D eigenvalue weighted by Gasteiger charge is 2.45. The number of hydrogen-bond donors (Lipinski definition) is 1. The lowest BCUT2D eigenvalue weighted by atomic mass is 9.91. The molecule has 1 saturated carbocycles. The van der Waals surface area contributed by atoms with Crippen LogP contribution in [0.25, 0.3) is 0 Å². The average molecular weight is 189 g/mol. The van der Waals surface area contributed by atoms with E-state index in [9.17, 15) is 0 Å². The van der Waals surface area contributed by atoms with Crippen molar-refractivity contribution in [2.75, 3.05) is 7.11 Å². The van der Waals surface area contributed by atoms with Gasteiger partial charge in [0.2, 0.25) is 0 Å². The van der Waals surface area contributed by atoms with Gasteiger partial charge in [0.25, 0.3) is 0 Å². The summed E-state index contributed by atoms with van der Waals surface area (Å²) in [6, 6.07) is 6.67. The van der Waals surface area contributed by atoms with Gasteiger partial charge in [-0.25, -0.2) is 0 Å². The Hall–Kier alpha value is -1.02. The van der Waals surface area contributed by atoms with Gasteiger partial charge in [0.1, 0.15) is 5.75 Å². The fourth-order valence-corrected chi connectivity index (χ4v) is 3.18. The maximum atomic E-state index is 6.20. The molecule has 0 saturated heterocycles. The highest BCUT2D eigenvalue weighted by molar-refractivity contribution is 5.52. The van der Waals surface area contributed by atoms with Gasteiger partial charge < -0.3 is 10.5 Å². The highest BCUT2D eigenvalue weighted by Crippen LogP contribution is 2.54. The number of ether oxygens (including phenoxy) is 1. The Morgan fingerprint density at radius 1 is 1.29 bits per heavy atom. The summed E-state index contributed by atoms with van der Waals surface area (Å²) < 4.78 is 5.40. The minimum atomic E-state index is 0.335. The monoisotopic (exact) mass is 189 g/mol. The third kappa shape index (κ3) is 0.845. The molecule has 0 aromatic heterocycles. The predicted molar refractivity (Wildman–Crippen MR) is 55.7 cm³/mol. The first kappa shape index (κ1) is 8.30. The van der Waals surface area contributed by atoms with E-state index >= 15 is 0 Å². The third-order valence-electron chi connectivity index (χ3n) is 3.81. The van der Waals surface area contributed by atoms with Gasteiger partial charge in [-0.3, -0.25) is 0 Å². The Kier molecular flexibility index (Phi) is 1.62. The van der Waals surface area contributed by atoms with Crippen molar-refractivity contribution in [3.63, 3.8) is 0 Å². The zero-order valence-corrected chi connectivity index (χ0v) is 8.36. The lowest BCUT2D eigenvalue weighted by molar-refractivity contribution is 0.405. The van der Waals surface area contributed by atoms with E-state index in [0.29, 0.717) is 17.9 Å². The van der Waals surface area contributed by atoms with E-state index in [4.69, 9.17) is 10.5 Å². The maximum Gasteiger partial charge on any atom is 0.122 e. The van der Waals surface area contributed by atoms with Crippen LogP contribution < -0.4 is 10.5 Å². The molecule has 0 aliphatic heterocycles. The molecular formula is C12H15NO. The average Bonchev–Trinajstić information content (AvgIpc) is 2.72. The van der Waals surface area contributed by atoms with Gasteiger partial charge in [0.15, 0.2) is 0 Å². The van der Waals surface area contributed by atoms with Gasteiger partial charge in [-0.2, -0.15) is 0 Å². The van der Waals surface area contributed by atoms with Crippen LogP contribution in [0, 0.1) is 0 Å². The normalized spacial score (nSPS) is 33.1. The van der Waals surface area contributed by atoms with Crippen molar-refractivity contribution in [1.29, 1.82) is 0 Å². The molecule has 74 valence electrons. The Bertz CT molecular complexity index is 375. The molecule has 2 unspecified atom stereocenters. The summed E-state index contributed by atoms with van der Waals surface area (Å²) in [6.45, 7) is 0. The first-order valence-corrected chi connectivity index (χ1v) is 5.25. The number of benzene rings is 1. The fraction of sp³-hybridized carbons (Fsp3) is 0.500. The zero-order valence-electron chi connectivity index (χ0n) is 8.36. The molecule has 2 aliphatic rings. The SMILES string of the molecule is COc1cccc2c1C1CCC2[C@@H]1N. The van der Waals surface area contributed by atoms with Crippen molar-refractivity contribution >= 4 is 0 Å². The lowest BCUT2D eigenvalue weighted by Gasteiger charge is -2.17.